The van der Waals surface area contributed by atoms with Gasteiger partial charge in [0.05, 0.1) is 0 Å². The Morgan fingerprint density at radius 1 is 1.23 bits per heavy atom. The lowest BCUT2D eigenvalue weighted by molar-refractivity contribution is 0.0949. The topological polar surface area (TPSA) is 50.2 Å². The van der Waals surface area contributed by atoms with Crippen LogP contribution in [0.3, 0.4) is 0 Å². The highest BCUT2D eigenvalue weighted by atomic mass is 16.1. The average Bonchev–Trinajstić information content (AvgIpc) is 2.97. The van der Waals surface area contributed by atoms with E-state index in [-0.39, 0.29) is 5.91 Å². The number of rotatable bonds is 7. The van der Waals surface area contributed by atoms with Crippen molar-refractivity contribution < 1.29 is 4.79 Å². The van der Waals surface area contributed by atoms with Gasteiger partial charge in [-0.2, -0.15) is 0 Å². The first-order chi connectivity index (χ1) is 10.7. The van der Waals surface area contributed by atoms with Crippen LogP contribution in [0.15, 0.2) is 36.7 Å². The van der Waals surface area contributed by atoms with E-state index >= 15 is 0 Å². The third-order valence-electron chi connectivity index (χ3n) is 3.83. The number of nitrogens with one attached hydrogen (secondary N) is 1. The quantitative estimate of drug-likeness (QED) is 0.852. The molecule has 0 unspecified atom stereocenters. The van der Waals surface area contributed by atoms with Gasteiger partial charge in [0.25, 0.3) is 5.91 Å². The molecule has 0 bridgehead atoms. The van der Waals surface area contributed by atoms with Crippen LogP contribution in [0.5, 0.6) is 0 Å². The number of imidazole rings is 1. The molecule has 0 saturated carbocycles. The second-order valence-electron chi connectivity index (χ2n) is 5.22. The minimum atomic E-state index is -0.0291. The van der Waals surface area contributed by atoms with E-state index in [0.29, 0.717) is 12.1 Å². The van der Waals surface area contributed by atoms with E-state index in [9.17, 15) is 4.79 Å². The Bertz CT molecular complexity index is 599. The zero-order valence-electron chi connectivity index (χ0n) is 13.5. The van der Waals surface area contributed by atoms with Crippen molar-refractivity contribution >= 4 is 5.91 Å². The summed E-state index contributed by atoms with van der Waals surface area (Å²) in [4.78, 5) is 18.7. The lowest BCUT2D eigenvalue weighted by Crippen LogP contribution is -2.34. The number of aromatic nitrogens is 2. The smallest absolute Gasteiger partial charge is 0.251 e. The minimum Gasteiger partial charge on any atom is -0.351 e. The van der Waals surface area contributed by atoms with Gasteiger partial charge in [0.2, 0.25) is 0 Å². The Hall–Kier alpha value is -2.14. The molecule has 22 heavy (non-hydrogen) atoms. The molecule has 1 amide bonds. The largest absolute Gasteiger partial charge is 0.351 e. The number of nitrogens with zero attached hydrogens (tertiary/aromatic N) is 3. The van der Waals surface area contributed by atoms with Gasteiger partial charge in [-0.25, -0.2) is 4.98 Å². The molecule has 5 heteroatoms. The van der Waals surface area contributed by atoms with Crippen molar-refractivity contribution in [3.63, 3.8) is 0 Å². The van der Waals surface area contributed by atoms with Crippen LogP contribution in [0.25, 0.3) is 11.4 Å². The third kappa shape index (κ3) is 3.95. The standard InChI is InChI=1S/C17H24N4O/c1-4-21(5-2)13-11-19-17(22)15-8-6-14(7-9-15)16-18-10-12-20(16)3/h6-10,12H,4-5,11,13H2,1-3H3,(H,19,22). The highest BCUT2D eigenvalue weighted by Crippen LogP contribution is 2.17. The number of carbonyl (C=O) groups excluding carboxylic acids is 1. The van der Waals surface area contributed by atoms with Gasteiger partial charge < -0.3 is 14.8 Å². The molecule has 0 aliphatic carbocycles. The number of amides is 1. The number of carbonyl (C=O) groups is 1. The molecule has 5 nitrogen and oxygen atoms in total. The maximum absolute atomic E-state index is 12.1. The Morgan fingerprint density at radius 2 is 1.91 bits per heavy atom. The summed E-state index contributed by atoms with van der Waals surface area (Å²) in [6.07, 6.45) is 3.67. The van der Waals surface area contributed by atoms with Crippen LogP contribution < -0.4 is 5.32 Å². The lowest BCUT2D eigenvalue weighted by atomic mass is 10.1. The summed E-state index contributed by atoms with van der Waals surface area (Å²) in [5.41, 5.74) is 1.68. The SMILES string of the molecule is CCN(CC)CCNC(=O)c1ccc(-c2nccn2C)cc1. The molecule has 2 rings (SSSR count). The minimum absolute atomic E-state index is 0.0291. The molecule has 0 atom stereocenters. The summed E-state index contributed by atoms with van der Waals surface area (Å²) < 4.78 is 1.96. The van der Waals surface area contributed by atoms with Gasteiger partial charge in [0.15, 0.2) is 0 Å². The van der Waals surface area contributed by atoms with Crippen molar-refractivity contribution in [3.8, 4) is 11.4 Å². The third-order valence-corrected chi connectivity index (χ3v) is 3.83. The number of hydrogen-bond acceptors (Lipinski definition) is 3. The fraction of sp³-hybridized carbons (Fsp3) is 0.412. The molecule has 0 radical (unpaired) electrons. The molecule has 118 valence electrons. The van der Waals surface area contributed by atoms with E-state index in [2.05, 4.69) is 29.0 Å². The molecule has 0 saturated heterocycles. The summed E-state index contributed by atoms with van der Waals surface area (Å²) in [7, 11) is 1.95. The Morgan fingerprint density at radius 3 is 2.45 bits per heavy atom. The summed E-state index contributed by atoms with van der Waals surface area (Å²) >= 11 is 0. The Labute approximate surface area is 132 Å². The first kappa shape index (κ1) is 16.2. The van der Waals surface area contributed by atoms with E-state index in [0.717, 1.165) is 31.0 Å². The average molecular weight is 300 g/mol. The molecule has 1 heterocycles. The normalized spacial score (nSPS) is 10.9. The Kier molecular flexibility index (Phi) is 5.72. The molecule has 0 fully saturated rings. The fourth-order valence-corrected chi connectivity index (χ4v) is 2.38. The van der Waals surface area contributed by atoms with Crippen molar-refractivity contribution in [2.75, 3.05) is 26.2 Å². The zero-order chi connectivity index (χ0) is 15.9. The van der Waals surface area contributed by atoms with Crippen LogP contribution in [0.2, 0.25) is 0 Å². The lowest BCUT2D eigenvalue weighted by Gasteiger charge is -2.17. The molecule has 0 aliphatic rings. The molecule has 1 aromatic heterocycles. The van der Waals surface area contributed by atoms with E-state index in [1.165, 1.54) is 0 Å². The molecular weight excluding hydrogens is 276 g/mol. The van der Waals surface area contributed by atoms with E-state index in [1.807, 2.05) is 42.1 Å². The summed E-state index contributed by atoms with van der Waals surface area (Å²) in [6.45, 7) is 7.81. The second kappa shape index (κ2) is 7.75. The number of hydrogen-bond donors (Lipinski definition) is 1. The molecule has 1 N–H and O–H groups in total. The van der Waals surface area contributed by atoms with Crippen LogP contribution in [0.4, 0.5) is 0 Å². The highest BCUT2D eigenvalue weighted by Gasteiger charge is 2.08. The predicted octanol–water partition coefficient (Wildman–Crippen LogP) is 2.16. The van der Waals surface area contributed by atoms with Crippen LogP contribution in [0, 0.1) is 0 Å². The number of benzene rings is 1. The first-order valence-electron chi connectivity index (χ1n) is 7.74. The molecule has 0 aliphatic heterocycles. The summed E-state index contributed by atoms with van der Waals surface area (Å²) in [6, 6.07) is 7.55. The fourth-order valence-electron chi connectivity index (χ4n) is 2.38. The molecule has 1 aromatic carbocycles. The first-order valence-corrected chi connectivity index (χ1v) is 7.74. The summed E-state index contributed by atoms with van der Waals surface area (Å²) in [5.74, 6) is 0.868. The molecule has 0 spiro atoms. The zero-order valence-corrected chi connectivity index (χ0v) is 13.5. The van der Waals surface area contributed by atoms with Gasteiger partial charge in [-0.1, -0.05) is 26.0 Å². The van der Waals surface area contributed by atoms with Gasteiger partial charge in [0.1, 0.15) is 5.82 Å². The maximum Gasteiger partial charge on any atom is 0.251 e. The predicted molar refractivity (Wildman–Crippen MR) is 88.8 cm³/mol. The van der Waals surface area contributed by atoms with Crippen molar-refractivity contribution in [3.05, 3.63) is 42.2 Å². The Balaban J connectivity index is 1.93. The van der Waals surface area contributed by atoms with Crippen molar-refractivity contribution in [1.29, 1.82) is 0 Å². The van der Waals surface area contributed by atoms with Gasteiger partial charge in [-0.15, -0.1) is 0 Å². The highest BCUT2D eigenvalue weighted by molar-refractivity contribution is 5.94. The van der Waals surface area contributed by atoms with Gasteiger partial charge in [-0.3, -0.25) is 4.79 Å². The van der Waals surface area contributed by atoms with E-state index < -0.39 is 0 Å². The van der Waals surface area contributed by atoms with Crippen LogP contribution in [0.1, 0.15) is 24.2 Å². The van der Waals surface area contributed by atoms with Crippen LogP contribution in [-0.4, -0.2) is 46.5 Å². The summed E-state index contributed by atoms with van der Waals surface area (Å²) in [5, 5.41) is 2.96. The van der Waals surface area contributed by atoms with Crippen molar-refractivity contribution in [2.24, 2.45) is 7.05 Å². The maximum atomic E-state index is 12.1. The number of likely N-dealkylation sites (N-methyl/N-ethyl adjacent to an activating group) is 1. The van der Waals surface area contributed by atoms with Gasteiger partial charge in [-0.05, 0) is 25.2 Å². The molecular formula is C17H24N4O. The monoisotopic (exact) mass is 300 g/mol. The van der Waals surface area contributed by atoms with Gasteiger partial charge >= 0.3 is 0 Å². The number of aryl methyl sites for hydroxylation is 1. The van der Waals surface area contributed by atoms with E-state index in [4.69, 9.17) is 0 Å². The van der Waals surface area contributed by atoms with E-state index in [1.54, 1.807) is 6.20 Å². The van der Waals surface area contributed by atoms with Crippen LogP contribution >= 0.6 is 0 Å². The van der Waals surface area contributed by atoms with Crippen LogP contribution in [-0.2, 0) is 7.05 Å². The van der Waals surface area contributed by atoms with Crippen molar-refractivity contribution in [1.82, 2.24) is 19.8 Å². The molecule has 2 aromatic rings. The second-order valence-corrected chi connectivity index (χ2v) is 5.22. The van der Waals surface area contributed by atoms with Gasteiger partial charge in [0, 0.05) is 43.7 Å². The van der Waals surface area contributed by atoms with Crippen molar-refractivity contribution in [2.45, 2.75) is 13.8 Å².